The average Bonchev–Trinajstić information content (AvgIpc) is 2.72. The molecule has 2 aromatic carbocycles. The number of nitrogens with zero attached hydrogens (tertiary/aromatic N) is 1. The molecule has 1 unspecified atom stereocenters. The number of fused-ring (bicyclic) bond motifs is 1. The van der Waals surface area contributed by atoms with Crippen molar-refractivity contribution in [1.82, 2.24) is 10.2 Å². The first-order valence-electron chi connectivity index (χ1n) is 9.35. The third-order valence-electron chi connectivity index (χ3n) is 4.75. The van der Waals surface area contributed by atoms with Crippen LogP contribution in [0.3, 0.4) is 0 Å². The van der Waals surface area contributed by atoms with E-state index in [1.807, 2.05) is 56.6 Å². The Kier molecular flexibility index (Phi) is 6.96. The number of carbonyl (C=O) groups excluding carboxylic acids is 1. The molecule has 29 heavy (non-hydrogen) atoms. The molecule has 0 fully saturated rings. The number of amides is 1. The molecule has 0 saturated carbocycles. The summed E-state index contributed by atoms with van der Waals surface area (Å²) in [7, 11) is 5.62. The van der Waals surface area contributed by atoms with Crippen LogP contribution in [0.15, 0.2) is 60.2 Å². The van der Waals surface area contributed by atoms with Gasteiger partial charge in [-0.05, 0) is 61.6 Å². The lowest BCUT2D eigenvalue weighted by Crippen LogP contribution is -2.33. The number of nitrogens with one attached hydrogen (secondary N) is 1. The van der Waals surface area contributed by atoms with Crippen LogP contribution in [-0.4, -0.2) is 45.2 Å². The maximum Gasteiger partial charge on any atom is 0.244 e. The minimum absolute atomic E-state index is 0.0597. The Labute approximate surface area is 176 Å². The summed E-state index contributed by atoms with van der Waals surface area (Å²) in [6.07, 6.45) is 5.29. The van der Waals surface area contributed by atoms with Crippen molar-refractivity contribution in [3.8, 4) is 11.5 Å². The maximum atomic E-state index is 12.3. The molecule has 0 bridgehead atoms. The number of methoxy groups -OCH3 is 1. The van der Waals surface area contributed by atoms with Gasteiger partial charge in [0.05, 0.1) is 13.2 Å². The van der Waals surface area contributed by atoms with Gasteiger partial charge in [-0.1, -0.05) is 29.8 Å². The topological polar surface area (TPSA) is 50.8 Å². The van der Waals surface area contributed by atoms with E-state index in [1.165, 1.54) is 6.08 Å². The predicted octanol–water partition coefficient (Wildman–Crippen LogP) is 4.10. The number of rotatable bonds is 7. The molecule has 0 radical (unpaired) electrons. The van der Waals surface area contributed by atoms with Crippen molar-refractivity contribution in [3.05, 3.63) is 76.3 Å². The highest BCUT2D eigenvalue weighted by Crippen LogP contribution is 2.29. The zero-order valence-electron chi connectivity index (χ0n) is 16.8. The fourth-order valence-electron chi connectivity index (χ4n) is 3.13. The van der Waals surface area contributed by atoms with Crippen molar-refractivity contribution in [1.29, 1.82) is 0 Å². The van der Waals surface area contributed by atoms with Crippen molar-refractivity contribution in [2.24, 2.45) is 0 Å². The number of benzene rings is 2. The van der Waals surface area contributed by atoms with Crippen LogP contribution >= 0.6 is 11.6 Å². The molecule has 1 N–H and O–H groups in total. The summed E-state index contributed by atoms with van der Waals surface area (Å²) in [6.45, 7) is 0.918. The molecule has 1 heterocycles. The van der Waals surface area contributed by atoms with Crippen molar-refractivity contribution in [3.63, 3.8) is 0 Å². The normalized spacial score (nSPS) is 14.2. The standard InChI is InChI=1S/C23H25ClN2O3/c1-26(2)21(17-5-8-20(28-3)9-6-17)14-25-23(27)11-4-16-12-18-13-19(24)7-10-22(18)29-15-16/h4-13,21H,14-15H2,1-3H3,(H,25,27)/b11-4+. The highest BCUT2D eigenvalue weighted by molar-refractivity contribution is 6.30. The summed E-state index contributed by atoms with van der Waals surface area (Å²) in [4.78, 5) is 14.4. The van der Waals surface area contributed by atoms with Crippen LogP contribution in [0, 0.1) is 0 Å². The van der Waals surface area contributed by atoms with Gasteiger partial charge in [0.2, 0.25) is 5.91 Å². The molecular weight excluding hydrogens is 388 g/mol. The molecule has 1 atom stereocenters. The van der Waals surface area contributed by atoms with E-state index in [0.29, 0.717) is 18.2 Å². The predicted molar refractivity (Wildman–Crippen MR) is 116 cm³/mol. The highest BCUT2D eigenvalue weighted by Gasteiger charge is 2.15. The lowest BCUT2D eigenvalue weighted by Gasteiger charge is -2.25. The smallest absolute Gasteiger partial charge is 0.244 e. The molecule has 1 aliphatic rings. The van der Waals surface area contributed by atoms with Gasteiger partial charge in [-0.25, -0.2) is 0 Å². The van der Waals surface area contributed by atoms with Crippen LogP contribution < -0.4 is 14.8 Å². The number of halogens is 1. The highest BCUT2D eigenvalue weighted by atomic mass is 35.5. The first-order chi connectivity index (χ1) is 14.0. The molecule has 0 spiro atoms. The van der Waals surface area contributed by atoms with Gasteiger partial charge in [0.15, 0.2) is 0 Å². The lowest BCUT2D eigenvalue weighted by molar-refractivity contribution is -0.116. The number of hydrogen-bond donors (Lipinski definition) is 1. The van der Waals surface area contributed by atoms with E-state index in [9.17, 15) is 4.79 Å². The van der Waals surface area contributed by atoms with Crippen molar-refractivity contribution in [2.45, 2.75) is 6.04 Å². The maximum absolute atomic E-state index is 12.3. The minimum atomic E-state index is -0.150. The Morgan fingerprint density at radius 2 is 2.03 bits per heavy atom. The summed E-state index contributed by atoms with van der Waals surface area (Å²) in [5.41, 5.74) is 2.93. The number of carbonyl (C=O) groups is 1. The largest absolute Gasteiger partial charge is 0.497 e. The molecule has 3 rings (SSSR count). The number of ether oxygens (including phenoxy) is 2. The fourth-order valence-corrected chi connectivity index (χ4v) is 3.31. The van der Waals surface area contributed by atoms with Crippen LogP contribution in [0.4, 0.5) is 0 Å². The van der Waals surface area contributed by atoms with Crippen molar-refractivity contribution in [2.75, 3.05) is 34.4 Å². The second kappa shape index (κ2) is 9.63. The van der Waals surface area contributed by atoms with Crippen LogP contribution in [0.2, 0.25) is 5.02 Å². The minimum Gasteiger partial charge on any atom is -0.497 e. The Balaban J connectivity index is 1.60. The van der Waals surface area contributed by atoms with Crippen molar-refractivity contribution >= 4 is 23.6 Å². The third kappa shape index (κ3) is 5.62. The summed E-state index contributed by atoms with van der Waals surface area (Å²) in [5.74, 6) is 1.46. The van der Waals surface area contributed by atoms with Crippen LogP contribution in [0.1, 0.15) is 17.2 Å². The summed E-state index contributed by atoms with van der Waals surface area (Å²) < 4.78 is 10.9. The molecule has 2 aromatic rings. The molecular formula is C23H25ClN2O3. The molecule has 6 heteroatoms. The first-order valence-corrected chi connectivity index (χ1v) is 9.73. The molecule has 5 nitrogen and oxygen atoms in total. The van der Waals surface area contributed by atoms with E-state index in [2.05, 4.69) is 10.2 Å². The van der Waals surface area contributed by atoms with Gasteiger partial charge < -0.3 is 19.7 Å². The first kappa shape index (κ1) is 21.0. The quantitative estimate of drug-likeness (QED) is 0.695. The van der Waals surface area contributed by atoms with Crippen LogP contribution in [0.5, 0.6) is 11.5 Å². The average molecular weight is 413 g/mol. The molecule has 1 amide bonds. The Bertz CT molecular complexity index is 920. The van der Waals surface area contributed by atoms with Crippen LogP contribution in [-0.2, 0) is 4.79 Å². The number of hydrogen-bond acceptors (Lipinski definition) is 4. The number of likely N-dealkylation sites (N-methyl/N-ethyl adjacent to an activating group) is 1. The lowest BCUT2D eigenvalue weighted by atomic mass is 10.1. The van der Waals surface area contributed by atoms with E-state index >= 15 is 0 Å². The third-order valence-corrected chi connectivity index (χ3v) is 4.98. The van der Waals surface area contributed by atoms with E-state index < -0.39 is 0 Å². The van der Waals surface area contributed by atoms with Gasteiger partial charge >= 0.3 is 0 Å². The van der Waals surface area contributed by atoms with E-state index in [1.54, 1.807) is 19.3 Å². The van der Waals surface area contributed by atoms with Gasteiger partial charge in [0, 0.05) is 23.2 Å². The van der Waals surface area contributed by atoms with Gasteiger partial charge in [-0.2, -0.15) is 0 Å². The summed E-state index contributed by atoms with van der Waals surface area (Å²) in [6, 6.07) is 13.4. The SMILES string of the molecule is COc1ccc(C(CNC(=O)/C=C/C2=Cc3cc(Cl)ccc3OC2)N(C)C)cc1. The summed E-state index contributed by atoms with van der Waals surface area (Å²) in [5, 5.41) is 3.62. The van der Waals surface area contributed by atoms with Gasteiger partial charge in [-0.3, -0.25) is 4.79 Å². The van der Waals surface area contributed by atoms with E-state index in [4.69, 9.17) is 21.1 Å². The van der Waals surface area contributed by atoms with Gasteiger partial charge in [0.25, 0.3) is 0 Å². The van der Waals surface area contributed by atoms with Gasteiger partial charge in [0.1, 0.15) is 18.1 Å². The summed E-state index contributed by atoms with van der Waals surface area (Å²) >= 11 is 6.04. The van der Waals surface area contributed by atoms with Crippen LogP contribution in [0.25, 0.3) is 6.08 Å². The second-order valence-corrected chi connectivity index (χ2v) is 7.46. The second-order valence-electron chi connectivity index (χ2n) is 7.02. The molecule has 0 saturated heterocycles. The Hall–Kier alpha value is -2.76. The molecule has 0 aliphatic carbocycles. The fraction of sp³-hybridized carbons (Fsp3) is 0.261. The molecule has 152 valence electrons. The Morgan fingerprint density at radius 1 is 1.28 bits per heavy atom. The zero-order chi connectivity index (χ0) is 20.8. The molecule has 1 aliphatic heterocycles. The van der Waals surface area contributed by atoms with E-state index in [-0.39, 0.29) is 11.9 Å². The van der Waals surface area contributed by atoms with Gasteiger partial charge in [-0.15, -0.1) is 0 Å². The Morgan fingerprint density at radius 3 is 2.72 bits per heavy atom. The van der Waals surface area contributed by atoms with E-state index in [0.717, 1.165) is 28.2 Å². The monoisotopic (exact) mass is 412 g/mol. The molecule has 0 aromatic heterocycles. The zero-order valence-corrected chi connectivity index (χ0v) is 17.6. The van der Waals surface area contributed by atoms with Crippen molar-refractivity contribution < 1.29 is 14.3 Å².